The van der Waals surface area contributed by atoms with E-state index in [-0.39, 0.29) is 5.56 Å². The van der Waals surface area contributed by atoms with Crippen molar-refractivity contribution < 1.29 is 9.47 Å². The third-order valence-electron chi connectivity index (χ3n) is 4.47. The van der Waals surface area contributed by atoms with Crippen LogP contribution in [0.4, 0.5) is 0 Å². The predicted molar refractivity (Wildman–Crippen MR) is 114 cm³/mol. The second-order valence-corrected chi connectivity index (χ2v) is 7.28. The summed E-state index contributed by atoms with van der Waals surface area (Å²) in [5.41, 5.74) is 3.44. The van der Waals surface area contributed by atoms with Gasteiger partial charge in [0.25, 0.3) is 5.56 Å². The Bertz CT molecular complexity index is 1290. The maximum atomic E-state index is 13.0. The van der Waals surface area contributed by atoms with Crippen molar-refractivity contribution in [2.75, 3.05) is 13.7 Å². The Balaban J connectivity index is 1.91. The molecule has 0 saturated carbocycles. The summed E-state index contributed by atoms with van der Waals surface area (Å²) in [6.07, 6.45) is 4.35. The van der Waals surface area contributed by atoms with Crippen LogP contribution in [0.2, 0.25) is 0 Å². The summed E-state index contributed by atoms with van der Waals surface area (Å²) in [6, 6.07) is 11.6. The maximum Gasteiger partial charge on any atom is 0.274 e. The van der Waals surface area contributed by atoms with Gasteiger partial charge in [-0.3, -0.25) is 4.79 Å². The molecule has 2 heterocycles. The number of benzene rings is 2. The van der Waals surface area contributed by atoms with Crippen LogP contribution >= 0.6 is 11.3 Å². The van der Waals surface area contributed by atoms with Crippen molar-refractivity contribution in [1.82, 2.24) is 9.38 Å². The van der Waals surface area contributed by atoms with Gasteiger partial charge < -0.3 is 9.47 Å². The van der Waals surface area contributed by atoms with E-state index in [2.05, 4.69) is 11.6 Å². The standard InChI is InChI=1S/C22H20N2O3S/c1-4-8-15-11-14(12-18(26-3)20(15)27-5-2)13-19-21(25)24-17-10-7-6-9-16(17)23-22(24)28-19/h4,6-7,9-13H,1,5,8H2,2-3H3. The number of thiazole rings is 1. The number of rotatable bonds is 6. The Labute approximate surface area is 166 Å². The molecule has 2 aromatic carbocycles. The van der Waals surface area contributed by atoms with E-state index >= 15 is 0 Å². The second kappa shape index (κ2) is 7.48. The van der Waals surface area contributed by atoms with Gasteiger partial charge in [-0.05, 0) is 49.2 Å². The molecule has 5 nitrogen and oxygen atoms in total. The van der Waals surface area contributed by atoms with Gasteiger partial charge in [-0.25, -0.2) is 9.38 Å². The van der Waals surface area contributed by atoms with Gasteiger partial charge in [0.05, 0.1) is 29.3 Å². The third kappa shape index (κ3) is 3.05. The van der Waals surface area contributed by atoms with E-state index in [0.717, 1.165) is 27.9 Å². The van der Waals surface area contributed by atoms with E-state index < -0.39 is 0 Å². The number of allylic oxidation sites excluding steroid dienone is 1. The number of aromatic nitrogens is 2. The number of fused-ring (bicyclic) bond motifs is 3. The molecule has 4 aromatic rings. The lowest BCUT2D eigenvalue weighted by Gasteiger charge is -2.14. The van der Waals surface area contributed by atoms with Gasteiger partial charge in [-0.1, -0.05) is 29.5 Å². The first kappa shape index (κ1) is 18.3. The van der Waals surface area contributed by atoms with Crippen LogP contribution in [0.3, 0.4) is 0 Å². The molecule has 0 aliphatic heterocycles. The molecule has 28 heavy (non-hydrogen) atoms. The fourth-order valence-electron chi connectivity index (χ4n) is 3.30. The summed E-state index contributed by atoms with van der Waals surface area (Å²) in [5, 5.41) is 0. The maximum absolute atomic E-state index is 13.0. The van der Waals surface area contributed by atoms with E-state index in [1.54, 1.807) is 11.5 Å². The topological polar surface area (TPSA) is 52.8 Å². The predicted octanol–water partition coefficient (Wildman–Crippen LogP) is 3.59. The van der Waals surface area contributed by atoms with Crippen LogP contribution in [0.5, 0.6) is 11.5 Å². The first-order chi connectivity index (χ1) is 13.7. The second-order valence-electron chi connectivity index (χ2n) is 6.27. The lowest BCUT2D eigenvalue weighted by molar-refractivity contribution is 0.308. The molecular formula is C22H20N2O3S. The zero-order valence-electron chi connectivity index (χ0n) is 15.8. The Morgan fingerprint density at radius 1 is 1.29 bits per heavy atom. The average molecular weight is 392 g/mol. The summed E-state index contributed by atoms with van der Waals surface area (Å²) in [4.78, 5) is 18.2. The Kier molecular flexibility index (Phi) is 4.88. The van der Waals surface area contributed by atoms with Crippen LogP contribution in [0, 0.1) is 0 Å². The lowest BCUT2D eigenvalue weighted by Crippen LogP contribution is -2.22. The van der Waals surface area contributed by atoms with Gasteiger partial charge in [0.1, 0.15) is 0 Å². The molecule has 0 aliphatic rings. The van der Waals surface area contributed by atoms with E-state index in [1.807, 2.05) is 55.5 Å². The molecule has 0 aliphatic carbocycles. The van der Waals surface area contributed by atoms with E-state index in [0.29, 0.717) is 28.3 Å². The van der Waals surface area contributed by atoms with Crippen molar-refractivity contribution in [2.24, 2.45) is 0 Å². The van der Waals surface area contributed by atoms with Crippen LogP contribution in [0.25, 0.3) is 22.1 Å². The zero-order valence-corrected chi connectivity index (χ0v) is 16.6. The number of ether oxygens (including phenoxy) is 2. The summed E-state index contributed by atoms with van der Waals surface area (Å²) < 4.78 is 13.6. The molecule has 0 spiro atoms. The van der Waals surface area contributed by atoms with Crippen molar-refractivity contribution in [2.45, 2.75) is 13.3 Å². The molecule has 0 N–H and O–H groups in total. The first-order valence-corrected chi connectivity index (χ1v) is 9.84. The number of imidazole rings is 1. The number of methoxy groups -OCH3 is 1. The fraction of sp³-hybridized carbons (Fsp3) is 0.182. The van der Waals surface area contributed by atoms with Crippen molar-refractivity contribution in [3.05, 3.63) is 75.1 Å². The fourth-order valence-corrected chi connectivity index (χ4v) is 4.28. The van der Waals surface area contributed by atoms with E-state index in [9.17, 15) is 4.79 Å². The lowest BCUT2D eigenvalue weighted by atomic mass is 10.1. The summed E-state index contributed by atoms with van der Waals surface area (Å²) in [6.45, 7) is 6.31. The minimum Gasteiger partial charge on any atom is -0.493 e. The summed E-state index contributed by atoms with van der Waals surface area (Å²) in [7, 11) is 1.61. The van der Waals surface area contributed by atoms with Gasteiger partial charge in [-0.2, -0.15) is 0 Å². The quantitative estimate of drug-likeness (QED) is 0.471. The number of para-hydroxylation sites is 2. The number of hydrogen-bond acceptors (Lipinski definition) is 5. The van der Waals surface area contributed by atoms with E-state index in [1.165, 1.54) is 11.3 Å². The molecule has 0 amide bonds. The summed E-state index contributed by atoms with van der Waals surface area (Å²) in [5.74, 6) is 1.36. The first-order valence-electron chi connectivity index (χ1n) is 9.02. The van der Waals surface area contributed by atoms with Crippen LogP contribution in [-0.4, -0.2) is 23.1 Å². The largest absolute Gasteiger partial charge is 0.493 e. The monoisotopic (exact) mass is 392 g/mol. The Morgan fingerprint density at radius 3 is 2.86 bits per heavy atom. The highest BCUT2D eigenvalue weighted by atomic mass is 32.1. The van der Waals surface area contributed by atoms with Crippen LogP contribution in [-0.2, 0) is 6.42 Å². The van der Waals surface area contributed by atoms with Crippen LogP contribution in [0.1, 0.15) is 18.1 Å². The number of nitrogens with zero attached hydrogens (tertiary/aromatic N) is 2. The molecule has 0 unspecified atom stereocenters. The molecule has 0 atom stereocenters. The van der Waals surface area contributed by atoms with Crippen molar-refractivity contribution in [3.63, 3.8) is 0 Å². The highest BCUT2D eigenvalue weighted by Gasteiger charge is 2.13. The highest BCUT2D eigenvalue weighted by Crippen LogP contribution is 2.34. The Morgan fingerprint density at radius 2 is 2.11 bits per heavy atom. The summed E-state index contributed by atoms with van der Waals surface area (Å²) >= 11 is 1.38. The Hall–Kier alpha value is -3.12. The van der Waals surface area contributed by atoms with Crippen molar-refractivity contribution >= 4 is 33.4 Å². The van der Waals surface area contributed by atoms with Crippen molar-refractivity contribution in [3.8, 4) is 11.5 Å². The van der Waals surface area contributed by atoms with Gasteiger partial charge in [0.15, 0.2) is 16.5 Å². The van der Waals surface area contributed by atoms with Gasteiger partial charge in [0.2, 0.25) is 0 Å². The molecular weight excluding hydrogens is 372 g/mol. The molecule has 6 heteroatoms. The third-order valence-corrected chi connectivity index (χ3v) is 5.44. The molecule has 4 rings (SSSR count). The highest BCUT2D eigenvalue weighted by molar-refractivity contribution is 7.15. The van der Waals surface area contributed by atoms with Crippen LogP contribution < -0.4 is 19.6 Å². The molecule has 0 saturated heterocycles. The van der Waals surface area contributed by atoms with Gasteiger partial charge in [-0.15, -0.1) is 6.58 Å². The molecule has 0 fully saturated rings. The molecule has 142 valence electrons. The molecule has 0 bridgehead atoms. The normalized spacial score (nSPS) is 12.0. The smallest absolute Gasteiger partial charge is 0.274 e. The average Bonchev–Trinajstić information content (AvgIpc) is 3.20. The molecule has 2 aromatic heterocycles. The van der Waals surface area contributed by atoms with E-state index in [4.69, 9.17) is 9.47 Å². The van der Waals surface area contributed by atoms with Crippen LogP contribution in [0.15, 0.2) is 53.8 Å². The van der Waals surface area contributed by atoms with Crippen molar-refractivity contribution in [1.29, 1.82) is 0 Å². The zero-order chi connectivity index (χ0) is 19.7. The molecule has 0 radical (unpaired) electrons. The number of hydrogen-bond donors (Lipinski definition) is 0. The minimum atomic E-state index is -0.0631. The SMILES string of the molecule is C=CCc1cc(C=c2sc3nc4ccccc4n3c2=O)cc(OC)c1OCC. The van der Waals surface area contributed by atoms with Gasteiger partial charge in [0, 0.05) is 5.56 Å². The minimum absolute atomic E-state index is 0.0631. The van der Waals surface area contributed by atoms with Gasteiger partial charge >= 0.3 is 0 Å².